The Balaban J connectivity index is 1.77. The number of carbonyl (C=O) groups is 1. The summed E-state index contributed by atoms with van der Waals surface area (Å²) in [6, 6.07) is 15.3. The molecule has 33 heavy (non-hydrogen) atoms. The van der Waals surface area contributed by atoms with Crippen LogP contribution in [0.3, 0.4) is 0 Å². The minimum absolute atomic E-state index is 0.0469. The number of hydrogen-bond acceptors (Lipinski definition) is 4. The summed E-state index contributed by atoms with van der Waals surface area (Å²) in [5, 5.41) is 13.6. The van der Waals surface area contributed by atoms with Gasteiger partial charge in [-0.3, -0.25) is 9.52 Å². The van der Waals surface area contributed by atoms with Gasteiger partial charge in [0.25, 0.3) is 0 Å². The SMILES string of the molecule is CC(C)C(=O)NC1CCc2c(c3cc(C#N)ccc3n2Cc2ccccc2NS(C)(=O)=O)C1. The second-order valence-electron chi connectivity index (χ2n) is 8.99. The molecule has 1 amide bonds. The summed E-state index contributed by atoms with van der Waals surface area (Å²) in [7, 11) is -3.41. The van der Waals surface area contributed by atoms with Gasteiger partial charge in [-0.15, -0.1) is 0 Å². The van der Waals surface area contributed by atoms with Gasteiger partial charge >= 0.3 is 0 Å². The molecule has 0 saturated carbocycles. The molecule has 2 N–H and O–H groups in total. The van der Waals surface area contributed by atoms with Crippen molar-refractivity contribution in [3.05, 3.63) is 64.8 Å². The number of hydrogen-bond donors (Lipinski definition) is 2. The molecule has 1 unspecified atom stereocenters. The first-order chi connectivity index (χ1) is 15.7. The quantitative estimate of drug-likeness (QED) is 0.582. The molecule has 1 aromatic heterocycles. The fraction of sp³-hybridized carbons (Fsp3) is 0.360. The summed E-state index contributed by atoms with van der Waals surface area (Å²) in [6.45, 7) is 4.27. The van der Waals surface area contributed by atoms with Gasteiger partial charge in [0.05, 0.1) is 23.6 Å². The molecule has 0 saturated heterocycles. The van der Waals surface area contributed by atoms with Crippen LogP contribution in [-0.2, 0) is 34.2 Å². The highest BCUT2D eigenvalue weighted by Gasteiger charge is 2.27. The van der Waals surface area contributed by atoms with Gasteiger partial charge in [-0.05, 0) is 54.7 Å². The highest BCUT2D eigenvalue weighted by molar-refractivity contribution is 7.92. The van der Waals surface area contributed by atoms with E-state index in [1.54, 1.807) is 12.1 Å². The minimum Gasteiger partial charge on any atom is -0.353 e. The summed E-state index contributed by atoms with van der Waals surface area (Å²) in [6.07, 6.45) is 3.47. The van der Waals surface area contributed by atoms with Crippen LogP contribution in [0.4, 0.5) is 5.69 Å². The lowest BCUT2D eigenvalue weighted by Crippen LogP contribution is -2.41. The van der Waals surface area contributed by atoms with Crippen LogP contribution in [0, 0.1) is 17.2 Å². The monoisotopic (exact) mass is 464 g/mol. The van der Waals surface area contributed by atoms with Gasteiger partial charge in [0.2, 0.25) is 15.9 Å². The fourth-order valence-electron chi connectivity index (χ4n) is 4.52. The van der Waals surface area contributed by atoms with E-state index in [0.29, 0.717) is 24.2 Å². The zero-order valence-electron chi connectivity index (χ0n) is 19.1. The molecule has 7 nitrogen and oxygen atoms in total. The van der Waals surface area contributed by atoms with Crippen molar-refractivity contribution >= 4 is 32.5 Å². The highest BCUT2D eigenvalue weighted by atomic mass is 32.2. The van der Waals surface area contributed by atoms with Crippen LogP contribution >= 0.6 is 0 Å². The molecule has 0 fully saturated rings. The zero-order chi connectivity index (χ0) is 23.8. The molecular weight excluding hydrogens is 436 g/mol. The maximum Gasteiger partial charge on any atom is 0.229 e. The van der Waals surface area contributed by atoms with E-state index < -0.39 is 10.0 Å². The van der Waals surface area contributed by atoms with Crippen molar-refractivity contribution in [1.29, 1.82) is 5.26 Å². The summed E-state index contributed by atoms with van der Waals surface area (Å²) in [5.74, 6) is -0.0255. The molecule has 3 aromatic rings. The van der Waals surface area contributed by atoms with Crippen LogP contribution in [0.1, 0.15) is 42.7 Å². The third-order valence-electron chi connectivity index (χ3n) is 6.11. The van der Waals surface area contributed by atoms with Crippen molar-refractivity contribution in [3.8, 4) is 6.07 Å². The average molecular weight is 465 g/mol. The summed E-state index contributed by atoms with van der Waals surface area (Å²) in [5.41, 5.74) is 5.34. The van der Waals surface area contributed by atoms with Gasteiger partial charge in [-0.2, -0.15) is 5.26 Å². The standard InChI is InChI=1S/C25H28N4O3S/c1-16(2)25(30)27-19-9-11-24-21(13-19)20-12-17(14-26)8-10-23(20)29(24)15-18-6-4-5-7-22(18)28-33(3,31)32/h4-8,10,12,16,19,28H,9,11,13,15H2,1-3H3,(H,27,30). The second-order valence-corrected chi connectivity index (χ2v) is 10.7. The van der Waals surface area contributed by atoms with Crippen LogP contribution in [0.5, 0.6) is 0 Å². The number of aromatic nitrogens is 1. The lowest BCUT2D eigenvalue weighted by atomic mass is 9.90. The van der Waals surface area contributed by atoms with Crippen molar-refractivity contribution in [2.24, 2.45) is 5.92 Å². The number of benzene rings is 2. The number of nitriles is 1. The van der Waals surface area contributed by atoms with Gasteiger partial charge in [0.15, 0.2) is 0 Å². The maximum absolute atomic E-state index is 12.3. The van der Waals surface area contributed by atoms with Crippen molar-refractivity contribution in [1.82, 2.24) is 9.88 Å². The van der Waals surface area contributed by atoms with Crippen LogP contribution in [0.25, 0.3) is 10.9 Å². The molecule has 0 spiro atoms. The molecular formula is C25H28N4O3S. The van der Waals surface area contributed by atoms with Crippen LogP contribution < -0.4 is 10.0 Å². The van der Waals surface area contributed by atoms with E-state index in [-0.39, 0.29) is 17.9 Å². The van der Waals surface area contributed by atoms with E-state index >= 15 is 0 Å². The van der Waals surface area contributed by atoms with Crippen LogP contribution in [0.2, 0.25) is 0 Å². The Morgan fingerprint density at radius 3 is 2.70 bits per heavy atom. The fourth-order valence-corrected chi connectivity index (χ4v) is 5.12. The lowest BCUT2D eigenvalue weighted by Gasteiger charge is -2.26. The zero-order valence-corrected chi connectivity index (χ0v) is 19.9. The number of nitrogens with zero attached hydrogens (tertiary/aromatic N) is 2. The number of sulfonamides is 1. The van der Waals surface area contributed by atoms with Gasteiger partial charge in [-0.25, -0.2) is 8.42 Å². The third-order valence-corrected chi connectivity index (χ3v) is 6.70. The molecule has 1 aliphatic rings. The van der Waals surface area contributed by atoms with Crippen LogP contribution in [0.15, 0.2) is 42.5 Å². The summed E-state index contributed by atoms with van der Waals surface area (Å²) >= 11 is 0. The number of fused-ring (bicyclic) bond motifs is 3. The van der Waals surface area contributed by atoms with E-state index in [0.717, 1.165) is 41.1 Å². The molecule has 0 radical (unpaired) electrons. The molecule has 1 atom stereocenters. The smallest absolute Gasteiger partial charge is 0.229 e. The van der Waals surface area contributed by atoms with Crippen LogP contribution in [-0.4, -0.2) is 31.2 Å². The van der Waals surface area contributed by atoms with Crippen molar-refractivity contribution in [2.45, 2.75) is 45.7 Å². The first-order valence-electron chi connectivity index (χ1n) is 11.1. The Bertz CT molecular complexity index is 1370. The van der Waals surface area contributed by atoms with Crippen molar-refractivity contribution in [3.63, 3.8) is 0 Å². The molecule has 0 bridgehead atoms. The highest BCUT2D eigenvalue weighted by Crippen LogP contribution is 2.34. The number of para-hydroxylation sites is 1. The molecule has 1 heterocycles. The Hall–Kier alpha value is -3.31. The number of carbonyl (C=O) groups excluding carboxylic acids is 1. The van der Waals surface area contributed by atoms with E-state index in [1.165, 1.54) is 5.69 Å². The molecule has 1 aliphatic carbocycles. The predicted molar refractivity (Wildman–Crippen MR) is 129 cm³/mol. The van der Waals surface area contributed by atoms with Gasteiger partial charge in [-0.1, -0.05) is 32.0 Å². The summed E-state index contributed by atoms with van der Waals surface area (Å²) in [4.78, 5) is 12.3. The van der Waals surface area contributed by atoms with Gasteiger partial charge in [0.1, 0.15) is 0 Å². The Morgan fingerprint density at radius 2 is 2.00 bits per heavy atom. The predicted octanol–water partition coefficient (Wildman–Crippen LogP) is 3.56. The van der Waals surface area contributed by atoms with E-state index in [9.17, 15) is 18.5 Å². The summed E-state index contributed by atoms with van der Waals surface area (Å²) < 4.78 is 28.6. The maximum atomic E-state index is 12.3. The van der Waals surface area contributed by atoms with E-state index in [1.807, 2.05) is 44.2 Å². The van der Waals surface area contributed by atoms with Crippen molar-refractivity contribution < 1.29 is 13.2 Å². The Kier molecular flexibility index (Phi) is 6.17. The number of amides is 1. The first kappa shape index (κ1) is 22.9. The third kappa shape index (κ3) is 4.88. The Morgan fingerprint density at radius 1 is 1.24 bits per heavy atom. The molecule has 8 heteroatoms. The molecule has 0 aliphatic heterocycles. The van der Waals surface area contributed by atoms with Gasteiger partial charge < -0.3 is 9.88 Å². The molecule has 4 rings (SSSR count). The van der Waals surface area contributed by atoms with Crippen molar-refractivity contribution in [2.75, 3.05) is 11.0 Å². The average Bonchev–Trinajstić information content (AvgIpc) is 3.06. The topological polar surface area (TPSA) is 104 Å². The number of rotatable bonds is 6. The van der Waals surface area contributed by atoms with E-state index in [2.05, 4.69) is 20.7 Å². The second kappa shape index (κ2) is 8.91. The largest absolute Gasteiger partial charge is 0.353 e. The number of anilines is 1. The Labute approximate surface area is 194 Å². The minimum atomic E-state index is -3.41. The van der Waals surface area contributed by atoms with Gasteiger partial charge in [0, 0.05) is 35.1 Å². The first-order valence-corrected chi connectivity index (χ1v) is 13.0. The normalized spacial score (nSPS) is 15.8. The number of nitrogens with one attached hydrogen (secondary N) is 2. The lowest BCUT2D eigenvalue weighted by molar-refractivity contribution is -0.124. The molecule has 2 aromatic carbocycles. The molecule has 172 valence electrons. The van der Waals surface area contributed by atoms with E-state index in [4.69, 9.17) is 0 Å².